The molecule has 1 atom stereocenters. The second-order valence-corrected chi connectivity index (χ2v) is 12.1. The summed E-state index contributed by atoms with van der Waals surface area (Å²) in [5.74, 6) is 1.18. The molecule has 0 spiro atoms. The second-order valence-electron chi connectivity index (χ2n) is 12.1. The van der Waals surface area contributed by atoms with Crippen LogP contribution in [-0.2, 0) is 0 Å². The normalized spacial score (nSPS) is 15.3. The summed E-state index contributed by atoms with van der Waals surface area (Å²) in [6, 6.07) is 33.4. The molecule has 4 heterocycles. The van der Waals surface area contributed by atoms with E-state index in [1.807, 2.05) is 0 Å². The fourth-order valence-corrected chi connectivity index (χ4v) is 8.01. The lowest BCUT2D eigenvalue weighted by atomic mass is 9.89. The summed E-state index contributed by atoms with van der Waals surface area (Å²) in [7, 11) is 0. The van der Waals surface area contributed by atoms with Gasteiger partial charge in [-0.3, -0.25) is 4.57 Å². The zero-order chi connectivity index (χ0) is 28.4. The maximum absolute atomic E-state index is 5.35. The highest BCUT2D eigenvalue weighted by Crippen LogP contribution is 2.47. The molecule has 0 saturated carbocycles. The average molecular weight is 553 g/mol. The monoisotopic (exact) mass is 552 g/mol. The molecule has 4 nitrogen and oxygen atoms in total. The van der Waals surface area contributed by atoms with Gasteiger partial charge in [-0.25, -0.2) is 9.97 Å². The summed E-state index contributed by atoms with van der Waals surface area (Å²) in [5.41, 5.74) is 9.53. The fourth-order valence-electron chi connectivity index (χ4n) is 8.01. The van der Waals surface area contributed by atoms with Gasteiger partial charge in [-0.15, -0.1) is 0 Å². The number of nitrogens with zero attached hydrogens (tertiary/aromatic N) is 4. The van der Waals surface area contributed by atoms with E-state index in [4.69, 9.17) is 9.97 Å². The van der Waals surface area contributed by atoms with E-state index < -0.39 is 0 Å². The van der Waals surface area contributed by atoms with Crippen LogP contribution in [-0.4, -0.2) is 18.9 Å². The predicted molar refractivity (Wildman–Crippen MR) is 180 cm³/mol. The average Bonchev–Trinajstić information content (AvgIpc) is 3.68. The first-order valence-electron chi connectivity index (χ1n) is 15.3. The largest absolute Gasteiger partial charge is 0.307 e. The number of fused-ring (bicyclic) bond motifs is 13. The van der Waals surface area contributed by atoms with E-state index in [1.54, 1.807) is 0 Å². The highest BCUT2D eigenvalue weighted by Gasteiger charge is 2.27. The molecule has 0 bridgehead atoms. The Labute approximate surface area is 247 Å². The lowest BCUT2D eigenvalue weighted by Crippen LogP contribution is -2.13. The van der Waals surface area contributed by atoms with Crippen LogP contribution in [0.3, 0.4) is 0 Å². The fraction of sp³-hybridized carbons (Fsp3) is 0.128. The van der Waals surface area contributed by atoms with Crippen molar-refractivity contribution in [2.24, 2.45) is 0 Å². The van der Waals surface area contributed by atoms with Gasteiger partial charge >= 0.3 is 0 Å². The van der Waals surface area contributed by atoms with Crippen molar-refractivity contribution in [3.63, 3.8) is 0 Å². The minimum Gasteiger partial charge on any atom is -0.307 e. The quantitative estimate of drug-likeness (QED) is 0.214. The molecular formula is C39H28N4. The highest BCUT2D eigenvalue weighted by molar-refractivity contribution is 6.37. The van der Waals surface area contributed by atoms with Gasteiger partial charge in [0.1, 0.15) is 0 Å². The van der Waals surface area contributed by atoms with E-state index in [0.29, 0.717) is 5.92 Å². The zero-order valence-corrected chi connectivity index (χ0v) is 24.1. The van der Waals surface area contributed by atoms with Crippen LogP contribution in [0.4, 0.5) is 0 Å². The van der Waals surface area contributed by atoms with Crippen LogP contribution in [0.1, 0.15) is 42.6 Å². The summed E-state index contributed by atoms with van der Waals surface area (Å²) in [5, 5.41) is 10.2. The van der Waals surface area contributed by atoms with Gasteiger partial charge < -0.3 is 4.40 Å². The van der Waals surface area contributed by atoms with Crippen molar-refractivity contribution >= 4 is 76.7 Å². The number of para-hydroxylation sites is 2. The Bertz CT molecular complexity index is 2650. The second kappa shape index (κ2) is 8.20. The SMILES string of the molecule is CCC1CC=Cc2c(C)nc(-n3c4ccccc4c4c5c6ccc7ccccc7c6n6c7ccccc7c(cc43)c56)nc21. The topological polar surface area (TPSA) is 35.1 Å². The molecule has 0 amide bonds. The molecule has 1 aliphatic carbocycles. The molecule has 0 radical (unpaired) electrons. The van der Waals surface area contributed by atoms with Gasteiger partial charge in [0.2, 0.25) is 5.95 Å². The van der Waals surface area contributed by atoms with E-state index in [1.165, 1.54) is 70.9 Å². The predicted octanol–water partition coefficient (Wildman–Crippen LogP) is 10.1. The number of aryl methyl sites for hydroxylation is 1. The Morgan fingerprint density at radius 1 is 0.698 bits per heavy atom. The molecule has 10 rings (SSSR count). The first kappa shape index (κ1) is 23.4. The van der Waals surface area contributed by atoms with Crippen LogP contribution in [0, 0.1) is 6.92 Å². The van der Waals surface area contributed by atoms with E-state index in [-0.39, 0.29) is 0 Å². The van der Waals surface area contributed by atoms with Crippen LogP contribution < -0.4 is 0 Å². The molecule has 9 aromatic rings. The van der Waals surface area contributed by atoms with Gasteiger partial charge in [0.25, 0.3) is 0 Å². The zero-order valence-electron chi connectivity index (χ0n) is 24.1. The molecule has 43 heavy (non-hydrogen) atoms. The smallest absolute Gasteiger partial charge is 0.235 e. The van der Waals surface area contributed by atoms with Crippen molar-refractivity contribution in [1.29, 1.82) is 0 Å². The third-order valence-corrected chi connectivity index (χ3v) is 9.93. The molecular weight excluding hydrogens is 524 g/mol. The van der Waals surface area contributed by atoms with Crippen LogP contribution >= 0.6 is 0 Å². The number of hydrogen-bond acceptors (Lipinski definition) is 2. The van der Waals surface area contributed by atoms with Crippen LogP contribution in [0.5, 0.6) is 0 Å². The maximum atomic E-state index is 5.35. The number of aromatic nitrogens is 4. The lowest BCUT2D eigenvalue weighted by Gasteiger charge is -2.21. The Hall–Kier alpha value is -5.22. The van der Waals surface area contributed by atoms with Crippen LogP contribution in [0.15, 0.2) is 97.1 Å². The summed E-state index contributed by atoms with van der Waals surface area (Å²) in [4.78, 5) is 10.5. The summed E-state index contributed by atoms with van der Waals surface area (Å²) in [6.45, 7) is 4.40. The summed E-state index contributed by atoms with van der Waals surface area (Å²) >= 11 is 0. The van der Waals surface area contributed by atoms with Crippen molar-refractivity contribution in [2.75, 3.05) is 0 Å². The molecule has 1 aliphatic rings. The summed E-state index contributed by atoms with van der Waals surface area (Å²) in [6.07, 6.45) is 6.59. The molecule has 0 saturated heterocycles. The maximum Gasteiger partial charge on any atom is 0.235 e. The first-order valence-corrected chi connectivity index (χ1v) is 15.3. The van der Waals surface area contributed by atoms with Crippen molar-refractivity contribution in [3.05, 3.63) is 114 Å². The van der Waals surface area contributed by atoms with E-state index >= 15 is 0 Å². The number of rotatable bonds is 2. The first-order chi connectivity index (χ1) is 21.2. The van der Waals surface area contributed by atoms with Gasteiger partial charge in [0, 0.05) is 49.2 Å². The Balaban J connectivity index is 1.46. The lowest BCUT2D eigenvalue weighted by molar-refractivity contribution is 0.639. The van der Waals surface area contributed by atoms with E-state index in [0.717, 1.165) is 35.5 Å². The van der Waals surface area contributed by atoms with Gasteiger partial charge in [0.15, 0.2) is 0 Å². The minimum atomic E-state index is 0.413. The van der Waals surface area contributed by atoms with E-state index in [2.05, 4.69) is 126 Å². The van der Waals surface area contributed by atoms with Gasteiger partial charge in [0.05, 0.1) is 39.0 Å². The number of hydrogen-bond donors (Lipinski definition) is 0. The molecule has 5 aromatic carbocycles. The number of allylic oxidation sites excluding steroid dienone is 1. The van der Waals surface area contributed by atoms with Crippen molar-refractivity contribution < 1.29 is 0 Å². The van der Waals surface area contributed by atoms with Crippen molar-refractivity contribution in [1.82, 2.24) is 18.9 Å². The molecule has 204 valence electrons. The molecule has 4 heteroatoms. The Morgan fingerprint density at radius 2 is 1.47 bits per heavy atom. The molecule has 4 aromatic heterocycles. The van der Waals surface area contributed by atoms with Crippen molar-refractivity contribution in [3.8, 4) is 5.95 Å². The Kier molecular flexibility index (Phi) is 4.45. The molecule has 0 aliphatic heterocycles. The molecule has 0 N–H and O–H groups in total. The van der Waals surface area contributed by atoms with Crippen LogP contribution in [0.2, 0.25) is 0 Å². The third-order valence-electron chi connectivity index (χ3n) is 9.93. The molecule has 1 unspecified atom stereocenters. The summed E-state index contributed by atoms with van der Waals surface area (Å²) < 4.78 is 4.84. The number of benzene rings is 5. The van der Waals surface area contributed by atoms with E-state index in [9.17, 15) is 0 Å². The van der Waals surface area contributed by atoms with Crippen molar-refractivity contribution in [2.45, 2.75) is 32.6 Å². The minimum absolute atomic E-state index is 0.413. The van der Waals surface area contributed by atoms with Gasteiger partial charge in [-0.1, -0.05) is 91.9 Å². The highest BCUT2D eigenvalue weighted by atomic mass is 15.2. The third kappa shape index (κ3) is 2.86. The van der Waals surface area contributed by atoms with Gasteiger partial charge in [-0.2, -0.15) is 0 Å². The van der Waals surface area contributed by atoms with Crippen LogP contribution in [0.25, 0.3) is 82.7 Å². The standard InChI is InChI=1S/C39H28N4/c1-3-23-12-10-16-25-22(2)40-39(41-36(23)25)42-32-18-9-7-15-28(32)34-33(42)21-30-27-14-6-8-17-31(27)43-37-26-13-5-4-11-24(26)19-20-29(37)35(34)38(30)43/h4-11,13-21,23H,3,12H2,1-2H3. The Morgan fingerprint density at radius 3 is 2.33 bits per heavy atom. The van der Waals surface area contributed by atoms with Gasteiger partial charge in [-0.05, 0) is 43.4 Å². The molecule has 0 fully saturated rings.